The second kappa shape index (κ2) is 8.26. The molecule has 0 amide bonds. The van der Waals surface area contributed by atoms with Gasteiger partial charge in [-0.15, -0.1) is 0 Å². The second-order valence-electron chi connectivity index (χ2n) is 4.66. The van der Waals surface area contributed by atoms with E-state index in [4.69, 9.17) is 18.9 Å². The fourth-order valence-corrected chi connectivity index (χ4v) is 1.83. The van der Waals surface area contributed by atoms with Gasteiger partial charge in [-0.05, 0) is 0 Å². The average Bonchev–Trinajstić information content (AvgIpc) is 2.50. The quantitative estimate of drug-likeness (QED) is 0.564. The van der Waals surface area contributed by atoms with Crippen LogP contribution in [0.25, 0.3) is 0 Å². The molecule has 0 saturated carbocycles. The monoisotopic (exact) mass is 360 g/mol. The summed E-state index contributed by atoms with van der Waals surface area (Å²) in [5.74, 6) is -6.23. The van der Waals surface area contributed by atoms with Crippen LogP contribution in [0.15, 0.2) is 0 Å². The Hall–Kier alpha value is -3.92. The predicted molar refractivity (Wildman–Crippen MR) is 81.1 cm³/mol. The highest BCUT2D eigenvalue weighted by molar-refractivity contribution is 5.85. The zero-order valence-electron chi connectivity index (χ0n) is 14.2. The fourth-order valence-electron chi connectivity index (χ4n) is 1.83. The first kappa shape index (κ1) is 20.1. The van der Waals surface area contributed by atoms with E-state index in [1.807, 2.05) is 0 Å². The third-order valence-electron chi connectivity index (χ3n) is 2.53. The fraction of sp³-hybridized carbons (Fsp3) is 0.250. The molecule has 0 fully saturated rings. The zero-order chi connectivity index (χ0) is 20.0. The molecule has 0 saturated heterocycles. The number of rotatable bonds is 4. The number of ether oxygens (including phenoxy) is 4. The first-order valence-corrected chi connectivity index (χ1v) is 6.90. The molecular formula is C16H12N2O8. The minimum atomic E-state index is -0.922. The maximum absolute atomic E-state index is 11.4. The van der Waals surface area contributed by atoms with E-state index in [1.54, 1.807) is 12.1 Å². The minimum absolute atomic E-state index is 0.550. The van der Waals surface area contributed by atoms with Crippen molar-refractivity contribution in [2.75, 3.05) is 0 Å². The van der Waals surface area contributed by atoms with E-state index < -0.39 is 58.0 Å². The molecule has 1 aromatic rings. The van der Waals surface area contributed by atoms with Gasteiger partial charge >= 0.3 is 23.9 Å². The third kappa shape index (κ3) is 4.55. The number of nitriles is 2. The molecule has 0 N–H and O–H groups in total. The topological polar surface area (TPSA) is 153 Å². The summed E-state index contributed by atoms with van der Waals surface area (Å²) in [6.07, 6.45) is 0. The Morgan fingerprint density at radius 2 is 0.808 bits per heavy atom. The molecule has 0 aliphatic carbocycles. The lowest BCUT2D eigenvalue weighted by Crippen LogP contribution is -2.15. The van der Waals surface area contributed by atoms with Crippen LogP contribution in [-0.2, 0) is 19.2 Å². The van der Waals surface area contributed by atoms with Gasteiger partial charge < -0.3 is 18.9 Å². The minimum Gasteiger partial charge on any atom is -0.421 e. The predicted octanol–water partition coefficient (Wildman–Crippen LogP) is 1.13. The molecule has 0 radical (unpaired) electrons. The molecule has 10 heteroatoms. The van der Waals surface area contributed by atoms with E-state index in [0.717, 1.165) is 27.7 Å². The Bertz CT molecular complexity index is 816. The van der Waals surface area contributed by atoms with Gasteiger partial charge in [-0.2, -0.15) is 10.5 Å². The van der Waals surface area contributed by atoms with E-state index in [2.05, 4.69) is 0 Å². The molecule has 134 valence electrons. The first-order chi connectivity index (χ1) is 12.1. The lowest BCUT2D eigenvalue weighted by atomic mass is 10.0. The summed E-state index contributed by atoms with van der Waals surface area (Å²) in [5, 5.41) is 18.7. The van der Waals surface area contributed by atoms with Crippen molar-refractivity contribution < 1.29 is 38.1 Å². The van der Waals surface area contributed by atoms with Crippen LogP contribution in [0, 0.1) is 22.7 Å². The Morgan fingerprint density at radius 3 is 1.00 bits per heavy atom. The lowest BCUT2D eigenvalue weighted by molar-refractivity contribution is -0.136. The van der Waals surface area contributed by atoms with Crippen molar-refractivity contribution in [3.63, 3.8) is 0 Å². The van der Waals surface area contributed by atoms with Gasteiger partial charge in [-0.25, -0.2) is 0 Å². The molecule has 26 heavy (non-hydrogen) atoms. The van der Waals surface area contributed by atoms with Crippen LogP contribution in [0.1, 0.15) is 38.8 Å². The van der Waals surface area contributed by atoms with Gasteiger partial charge in [0.1, 0.15) is 23.3 Å². The second-order valence-corrected chi connectivity index (χ2v) is 4.66. The molecule has 0 aliphatic heterocycles. The smallest absolute Gasteiger partial charge is 0.308 e. The van der Waals surface area contributed by atoms with E-state index >= 15 is 0 Å². The van der Waals surface area contributed by atoms with Gasteiger partial charge in [0, 0.05) is 27.7 Å². The zero-order valence-corrected chi connectivity index (χ0v) is 14.2. The number of hydrogen-bond acceptors (Lipinski definition) is 10. The number of esters is 4. The van der Waals surface area contributed by atoms with E-state index in [-0.39, 0.29) is 0 Å². The lowest BCUT2D eigenvalue weighted by Gasteiger charge is -2.18. The van der Waals surface area contributed by atoms with Crippen LogP contribution in [0.4, 0.5) is 0 Å². The molecular weight excluding hydrogens is 348 g/mol. The SMILES string of the molecule is CC(=O)Oc1c(C#N)c(C#N)c(OC(C)=O)c(OC(C)=O)c1OC(C)=O. The highest BCUT2D eigenvalue weighted by Crippen LogP contribution is 2.50. The summed E-state index contributed by atoms with van der Waals surface area (Å²) in [7, 11) is 0. The maximum Gasteiger partial charge on any atom is 0.308 e. The highest BCUT2D eigenvalue weighted by atomic mass is 16.6. The van der Waals surface area contributed by atoms with Crippen molar-refractivity contribution in [1.29, 1.82) is 10.5 Å². The summed E-state index contributed by atoms with van der Waals surface area (Å²) in [4.78, 5) is 45.6. The Morgan fingerprint density at radius 1 is 0.577 bits per heavy atom. The maximum atomic E-state index is 11.4. The van der Waals surface area contributed by atoms with Gasteiger partial charge in [-0.3, -0.25) is 19.2 Å². The molecule has 10 nitrogen and oxygen atoms in total. The highest BCUT2D eigenvalue weighted by Gasteiger charge is 2.32. The van der Waals surface area contributed by atoms with E-state index in [9.17, 15) is 29.7 Å². The number of carbonyl (C=O) groups is 4. The van der Waals surface area contributed by atoms with Crippen LogP contribution < -0.4 is 18.9 Å². The molecule has 0 spiro atoms. The van der Waals surface area contributed by atoms with Crippen molar-refractivity contribution in [3.05, 3.63) is 11.1 Å². The molecule has 0 atom stereocenters. The van der Waals surface area contributed by atoms with Gasteiger partial charge in [0.15, 0.2) is 11.5 Å². The number of benzene rings is 1. The van der Waals surface area contributed by atoms with Gasteiger partial charge in [0.25, 0.3) is 0 Å². The summed E-state index contributed by atoms with van der Waals surface area (Å²) in [6.45, 7) is 3.97. The van der Waals surface area contributed by atoms with Crippen molar-refractivity contribution >= 4 is 23.9 Å². The van der Waals surface area contributed by atoms with Crippen LogP contribution in [-0.4, -0.2) is 23.9 Å². The first-order valence-electron chi connectivity index (χ1n) is 6.90. The van der Waals surface area contributed by atoms with Crippen molar-refractivity contribution in [2.24, 2.45) is 0 Å². The molecule has 1 rings (SSSR count). The standard InChI is InChI=1S/C16H12N2O8/c1-7(19)23-13-11(5-17)12(6-18)14(24-8(2)20)16(26-10(4)22)15(13)25-9(3)21/h1-4H3. The largest absolute Gasteiger partial charge is 0.421 e. The molecule has 1 aromatic carbocycles. The molecule has 0 aromatic heterocycles. The van der Waals surface area contributed by atoms with E-state index in [0.29, 0.717) is 0 Å². The Labute approximate surface area is 147 Å². The summed E-state index contributed by atoms with van der Waals surface area (Å²) >= 11 is 0. The molecule has 0 unspecified atom stereocenters. The van der Waals surface area contributed by atoms with Crippen molar-refractivity contribution in [1.82, 2.24) is 0 Å². The number of carbonyl (C=O) groups excluding carboxylic acids is 4. The van der Waals surface area contributed by atoms with Crippen molar-refractivity contribution in [3.8, 4) is 35.1 Å². The normalized spacial score (nSPS) is 9.31. The molecule has 0 aliphatic rings. The Kier molecular flexibility index (Phi) is 6.39. The van der Waals surface area contributed by atoms with Crippen LogP contribution in [0.5, 0.6) is 23.0 Å². The van der Waals surface area contributed by atoms with Crippen LogP contribution >= 0.6 is 0 Å². The van der Waals surface area contributed by atoms with Crippen molar-refractivity contribution in [2.45, 2.75) is 27.7 Å². The molecule has 0 bridgehead atoms. The van der Waals surface area contributed by atoms with Gasteiger partial charge in [0.2, 0.25) is 11.5 Å². The Balaban J connectivity index is 4.07. The van der Waals surface area contributed by atoms with Gasteiger partial charge in [0.05, 0.1) is 0 Å². The molecule has 0 heterocycles. The number of nitrogens with zero attached hydrogens (tertiary/aromatic N) is 2. The van der Waals surface area contributed by atoms with Crippen LogP contribution in [0.2, 0.25) is 0 Å². The summed E-state index contributed by atoms with van der Waals surface area (Å²) < 4.78 is 19.5. The average molecular weight is 360 g/mol. The third-order valence-corrected chi connectivity index (χ3v) is 2.53. The summed E-state index contributed by atoms with van der Waals surface area (Å²) in [6, 6.07) is 3.21. The van der Waals surface area contributed by atoms with Crippen LogP contribution in [0.3, 0.4) is 0 Å². The number of hydrogen-bond donors (Lipinski definition) is 0. The summed E-state index contributed by atoms with van der Waals surface area (Å²) in [5.41, 5.74) is -1.10. The van der Waals surface area contributed by atoms with E-state index in [1.165, 1.54) is 0 Å². The van der Waals surface area contributed by atoms with Gasteiger partial charge in [-0.1, -0.05) is 0 Å².